The summed E-state index contributed by atoms with van der Waals surface area (Å²) < 4.78 is 18.3. The van der Waals surface area contributed by atoms with Crippen molar-refractivity contribution in [2.45, 2.75) is 181 Å². The van der Waals surface area contributed by atoms with E-state index < -0.39 is 60.4 Å². The first-order valence-corrected chi connectivity index (χ1v) is 29.1. The Bertz CT molecular complexity index is 2410. The Labute approximate surface area is 481 Å². The third kappa shape index (κ3) is 19.7. The fourth-order valence-corrected chi connectivity index (χ4v) is 11.2. The number of benzene rings is 2. The summed E-state index contributed by atoms with van der Waals surface area (Å²) in [5, 5.41) is 10.6. The number of hydrogen-bond acceptors (Lipinski definition) is 13. The summed E-state index contributed by atoms with van der Waals surface area (Å²) >= 11 is 0. The molecule has 448 valence electrons. The van der Waals surface area contributed by atoms with Crippen LogP contribution in [0.1, 0.15) is 150 Å². The predicted molar refractivity (Wildman–Crippen MR) is 312 cm³/mol. The van der Waals surface area contributed by atoms with E-state index in [0.29, 0.717) is 82.2 Å². The van der Waals surface area contributed by atoms with Gasteiger partial charge in [0.2, 0.25) is 29.5 Å². The van der Waals surface area contributed by atoms with Crippen molar-refractivity contribution in [1.29, 1.82) is 0 Å². The molecule has 2 aliphatic rings. The van der Waals surface area contributed by atoms with E-state index in [-0.39, 0.29) is 78.4 Å². The molecule has 0 aliphatic carbocycles. The van der Waals surface area contributed by atoms with Crippen LogP contribution in [0.4, 0.5) is 0 Å². The number of carbonyl (C=O) groups is 8. The van der Waals surface area contributed by atoms with Crippen molar-refractivity contribution in [3.05, 3.63) is 83.9 Å². The summed E-state index contributed by atoms with van der Waals surface area (Å²) in [4.78, 5) is 113. The smallest absolute Gasteiger partial charge is 0.306 e. The number of hydrazone groups is 1. The number of nitrogens with one attached hydrogen (secondary N) is 3. The number of hydrogen-bond donors (Lipinski definition) is 3. The maximum Gasteiger partial charge on any atom is 0.306 e. The van der Waals surface area contributed by atoms with Crippen molar-refractivity contribution in [3.8, 4) is 0 Å². The van der Waals surface area contributed by atoms with Crippen LogP contribution < -0.4 is 16.1 Å². The molecule has 81 heavy (non-hydrogen) atoms. The lowest BCUT2D eigenvalue weighted by Gasteiger charge is -2.41. The van der Waals surface area contributed by atoms with Crippen LogP contribution in [0.15, 0.2) is 77.9 Å². The molecule has 0 bridgehead atoms. The normalized spacial score (nSPS) is 18.0. The zero-order chi connectivity index (χ0) is 59.9. The van der Waals surface area contributed by atoms with Crippen molar-refractivity contribution in [3.63, 3.8) is 0 Å². The summed E-state index contributed by atoms with van der Waals surface area (Å²) in [7, 11) is 8.50. The second-order valence-electron chi connectivity index (χ2n) is 22.7. The van der Waals surface area contributed by atoms with Gasteiger partial charge in [-0.25, -0.2) is 5.43 Å². The molecule has 4 rings (SSSR count). The number of carbonyl (C=O) groups excluding carboxylic acids is 8. The van der Waals surface area contributed by atoms with E-state index >= 15 is 0 Å². The molecule has 10 atom stereocenters. The standard InChI is InChI=1S/C62H94N8O11/c1-14-42(6)57(68(11)62(78)55(40(2)3)64-61(77)56(41(4)5)67(9)10)49(79-12)39-53(74)69-38-26-32-48(69)58(80-13)43(7)60(76)63-44(8)59(46-29-20-16-21-30-46)81-54(75)34-24-23-31-47(45-27-18-15-19-28-45)65-66-50(71)33-22-17-25-37-70-51(72)35-36-52(70)73/h15-16,18-21,27-30,35-36,40-44,48-49,55-59H,14,17,22-26,31-34,37-39H2,1-13H3,(H,63,76)(H,64,77)(H,66,71)/b65-47-/t42-,43+,44+,48-,49+,55-,56-,57-,58+,59?/m0/s1. The SMILES string of the molecule is CC[C@H](C)[C@@H]([C@@H](CC(=O)N1CCC[C@H]1[C@H](OC)[C@@H](C)C(=O)N[C@H](C)C(OC(=O)CCCC/C(=N/NC(=O)CCCCCN1C(=O)C=CC1=O)c1ccccc1)c1ccccc1)OC)N(C)C(=O)[C@@H](NC(=O)[C@H](C(C)C)N(C)C)C(C)C. The van der Waals surface area contributed by atoms with Crippen molar-refractivity contribution in [2.24, 2.45) is 28.8 Å². The molecule has 2 aliphatic heterocycles. The van der Waals surface area contributed by atoms with Crippen LogP contribution in [0, 0.1) is 23.7 Å². The number of unbranched alkanes of at least 4 members (excludes halogenated alkanes) is 3. The van der Waals surface area contributed by atoms with Gasteiger partial charge >= 0.3 is 5.97 Å². The van der Waals surface area contributed by atoms with Crippen molar-refractivity contribution >= 4 is 53.0 Å². The van der Waals surface area contributed by atoms with Gasteiger partial charge in [0, 0.05) is 59.4 Å². The van der Waals surface area contributed by atoms with Gasteiger partial charge in [-0.05, 0) is 94.8 Å². The predicted octanol–water partition coefficient (Wildman–Crippen LogP) is 6.99. The summed E-state index contributed by atoms with van der Waals surface area (Å²) in [5.74, 6) is -3.32. The van der Waals surface area contributed by atoms with Gasteiger partial charge in [0.15, 0.2) is 0 Å². The molecule has 7 amide bonds. The van der Waals surface area contributed by atoms with Crippen LogP contribution in [0.2, 0.25) is 0 Å². The lowest BCUT2D eigenvalue weighted by atomic mass is 9.89. The molecule has 1 saturated heterocycles. The van der Waals surface area contributed by atoms with E-state index in [2.05, 4.69) is 21.2 Å². The monoisotopic (exact) mass is 1130 g/mol. The Morgan fingerprint density at radius 2 is 1.36 bits per heavy atom. The molecule has 2 aromatic rings. The second-order valence-corrected chi connectivity index (χ2v) is 22.7. The highest BCUT2D eigenvalue weighted by Gasteiger charge is 2.44. The minimum absolute atomic E-state index is 0.0151. The average molecular weight is 1130 g/mol. The van der Waals surface area contributed by atoms with Crippen LogP contribution in [-0.4, -0.2) is 164 Å². The Kier molecular flexibility index (Phi) is 27.9. The minimum Gasteiger partial charge on any atom is -0.455 e. The number of amides is 7. The maximum absolute atomic E-state index is 14.5. The lowest BCUT2D eigenvalue weighted by molar-refractivity contribution is -0.152. The van der Waals surface area contributed by atoms with Crippen molar-refractivity contribution < 1.29 is 52.6 Å². The third-order valence-corrected chi connectivity index (χ3v) is 15.8. The number of rotatable bonds is 34. The number of methoxy groups -OCH3 is 2. The fourth-order valence-electron chi connectivity index (χ4n) is 11.2. The van der Waals surface area contributed by atoms with Gasteiger partial charge in [-0.2, -0.15) is 5.10 Å². The molecule has 1 unspecified atom stereocenters. The number of imide groups is 1. The largest absolute Gasteiger partial charge is 0.455 e. The number of nitrogens with zero attached hydrogens (tertiary/aromatic N) is 5. The molecular weight excluding hydrogens is 1030 g/mol. The first-order chi connectivity index (χ1) is 38.6. The van der Waals surface area contributed by atoms with Gasteiger partial charge in [0.1, 0.15) is 12.1 Å². The summed E-state index contributed by atoms with van der Waals surface area (Å²) in [6.07, 6.45) is 5.97. The van der Waals surface area contributed by atoms with E-state index in [1.807, 2.05) is 121 Å². The molecule has 0 aromatic heterocycles. The highest BCUT2D eigenvalue weighted by molar-refractivity contribution is 6.12. The molecule has 0 spiro atoms. The number of esters is 1. The summed E-state index contributed by atoms with van der Waals surface area (Å²) in [6.45, 7) is 16.1. The van der Waals surface area contributed by atoms with Gasteiger partial charge in [0.25, 0.3) is 11.8 Å². The van der Waals surface area contributed by atoms with E-state index in [0.717, 1.165) is 5.56 Å². The first kappa shape index (κ1) is 67.2. The first-order valence-electron chi connectivity index (χ1n) is 29.1. The second kappa shape index (κ2) is 33.6. The van der Waals surface area contributed by atoms with Crippen LogP contribution in [0.3, 0.4) is 0 Å². The number of ether oxygens (including phenoxy) is 3. The molecule has 19 heteroatoms. The topological polar surface area (TPSA) is 226 Å². The molecular formula is C62H94N8O11. The van der Waals surface area contributed by atoms with E-state index in [4.69, 9.17) is 14.2 Å². The Balaban J connectivity index is 1.37. The van der Waals surface area contributed by atoms with E-state index in [1.165, 1.54) is 24.2 Å². The highest BCUT2D eigenvalue weighted by atomic mass is 16.5. The van der Waals surface area contributed by atoms with E-state index in [1.54, 1.807) is 37.8 Å². The molecule has 1 fully saturated rings. The number of likely N-dealkylation sites (tertiary alicyclic amines) is 1. The maximum atomic E-state index is 14.5. The summed E-state index contributed by atoms with van der Waals surface area (Å²) in [6, 6.07) is 15.9. The fraction of sp³-hybridized carbons (Fsp3) is 0.629. The Morgan fingerprint density at radius 3 is 1.94 bits per heavy atom. The summed E-state index contributed by atoms with van der Waals surface area (Å²) in [5.41, 5.74) is 4.87. The Hall–Kier alpha value is -6.31. The van der Waals surface area contributed by atoms with Gasteiger partial charge in [-0.15, -0.1) is 0 Å². The molecule has 3 N–H and O–H groups in total. The van der Waals surface area contributed by atoms with Crippen LogP contribution in [0.25, 0.3) is 0 Å². The van der Waals surface area contributed by atoms with Crippen molar-refractivity contribution in [2.75, 3.05) is 48.5 Å². The quantitative estimate of drug-likeness (QED) is 0.0212. The zero-order valence-electron chi connectivity index (χ0n) is 50.5. The van der Waals surface area contributed by atoms with Gasteiger partial charge in [-0.1, -0.05) is 122 Å². The molecule has 0 radical (unpaired) electrons. The van der Waals surface area contributed by atoms with Gasteiger partial charge < -0.3 is 34.6 Å². The van der Waals surface area contributed by atoms with Crippen molar-refractivity contribution in [1.82, 2.24) is 35.7 Å². The average Bonchev–Trinajstić information content (AvgIpc) is 4.11. The number of likely N-dealkylation sites (N-methyl/N-ethyl adjacent to an activating group) is 2. The Morgan fingerprint density at radius 1 is 0.741 bits per heavy atom. The molecule has 0 saturated carbocycles. The van der Waals surface area contributed by atoms with Crippen LogP contribution >= 0.6 is 0 Å². The van der Waals surface area contributed by atoms with E-state index in [9.17, 15) is 38.4 Å². The van der Waals surface area contributed by atoms with Gasteiger partial charge in [-0.3, -0.25) is 48.2 Å². The molecule has 2 heterocycles. The van der Waals surface area contributed by atoms with Crippen LogP contribution in [0.5, 0.6) is 0 Å². The van der Waals surface area contributed by atoms with Crippen LogP contribution in [-0.2, 0) is 52.6 Å². The minimum atomic E-state index is -0.823. The van der Waals surface area contributed by atoms with Gasteiger partial charge in [0.05, 0.1) is 54.4 Å². The lowest BCUT2D eigenvalue weighted by Crippen LogP contribution is -2.59. The third-order valence-electron chi connectivity index (χ3n) is 15.8. The molecule has 2 aromatic carbocycles. The highest BCUT2D eigenvalue weighted by Crippen LogP contribution is 2.31. The molecule has 19 nitrogen and oxygen atoms in total. The zero-order valence-corrected chi connectivity index (χ0v) is 50.5.